The van der Waals surface area contributed by atoms with Gasteiger partial charge in [0.15, 0.2) is 0 Å². The van der Waals surface area contributed by atoms with Crippen LogP contribution < -0.4 is 10.6 Å². The van der Waals surface area contributed by atoms with E-state index in [4.69, 9.17) is 5.73 Å². The summed E-state index contributed by atoms with van der Waals surface area (Å²) in [7, 11) is 0. The van der Waals surface area contributed by atoms with E-state index in [0.29, 0.717) is 0 Å². The lowest BCUT2D eigenvalue weighted by Crippen LogP contribution is -3.12. The molecule has 0 unspecified atom stereocenters. The molecule has 1 saturated heterocycles. The van der Waals surface area contributed by atoms with Crippen LogP contribution in [0.3, 0.4) is 0 Å². The van der Waals surface area contributed by atoms with Crippen molar-refractivity contribution in [3.8, 4) is 0 Å². The maximum atomic E-state index is 5.68. The molecule has 1 aliphatic heterocycles. The molecular weight excluding hydrogens is 196 g/mol. The number of rotatable bonds is 3. The number of hydrogen-bond donors (Lipinski definition) is 2. The van der Waals surface area contributed by atoms with E-state index in [1.54, 1.807) is 4.90 Å². The van der Waals surface area contributed by atoms with Gasteiger partial charge in [-0.25, -0.2) is 0 Å². The summed E-state index contributed by atoms with van der Waals surface area (Å²) >= 11 is 0. The molecule has 0 aromatic heterocycles. The zero-order chi connectivity index (χ0) is 11.2. The molecule has 1 aliphatic rings. The zero-order valence-electron chi connectivity index (χ0n) is 10.0. The largest absolute Gasteiger partial charge is 0.399 e. The summed E-state index contributed by atoms with van der Waals surface area (Å²) in [4.78, 5) is 1.79. The van der Waals surface area contributed by atoms with Gasteiger partial charge in [0.25, 0.3) is 0 Å². The minimum Gasteiger partial charge on any atom is -0.399 e. The van der Waals surface area contributed by atoms with Gasteiger partial charge in [-0.3, -0.25) is 0 Å². The van der Waals surface area contributed by atoms with Gasteiger partial charge in [-0.15, -0.1) is 0 Å². The lowest BCUT2D eigenvalue weighted by Gasteiger charge is -2.16. The predicted molar refractivity (Wildman–Crippen MR) is 68.6 cm³/mol. The number of benzene rings is 1. The van der Waals surface area contributed by atoms with Crippen molar-refractivity contribution in [3.63, 3.8) is 0 Å². The first-order valence-corrected chi connectivity index (χ1v) is 6.52. The molecule has 0 atom stereocenters. The van der Waals surface area contributed by atoms with Crippen LogP contribution in [-0.4, -0.2) is 19.6 Å². The fraction of sp³-hybridized carbons (Fsp3) is 0.571. The fourth-order valence-electron chi connectivity index (χ4n) is 2.48. The van der Waals surface area contributed by atoms with E-state index in [1.807, 2.05) is 12.1 Å². The minimum absolute atomic E-state index is 0.867. The van der Waals surface area contributed by atoms with Crippen LogP contribution in [0.4, 0.5) is 5.69 Å². The number of nitrogens with one attached hydrogen (secondary N) is 1. The molecule has 1 heterocycles. The first-order chi connectivity index (χ1) is 7.84. The number of quaternary nitrogens is 1. The van der Waals surface area contributed by atoms with Crippen LogP contribution in [0.25, 0.3) is 0 Å². The summed E-state index contributed by atoms with van der Waals surface area (Å²) in [5.41, 5.74) is 7.97. The highest BCUT2D eigenvalue weighted by atomic mass is 15.1. The first kappa shape index (κ1) is 11.5. The number of hydrogen-bond acceptors (Lipinski definition) is 1. The molecule has 2 rings (SSSR count). The smallest absolute Gasteiger partial charge is 0.0811 e. The highest BCUT2D eigenvalue weighted by Crippen LogP contribution is 2.05. The van der Waals surface area contributed by atoms with Gasteiger partial charge < -0.3 is 10.6 Å². The lowest BCUT2D eigenvalue weighted by atomic mass is 10.1. The Balaban J connectivity index is 1.79. The normalized spacial score (nSPS) is 18.2. The SMILES string of the molecule is Nc1ccc(CC[NH+]2CCCCCC2)cc1. The highest BCUT2D eigenvalue weighted by molar-refractivity contribution is 5.39. The number of anilines is 1. The van der Waals surface area contributed by atoms with Crippen LogP contribution in [0.2, 0.25) is 0 Å². The number of nitrogens with two attached hydrogens (primary N) is 1. The van der Waals surface area contributed by atoms with Gasteiger partial charge in [-0.1, -0.05) is 12.1 Å². The van der Waals surface area contributed by atoms with E-state index in [9.17, 15) is 0 Å². The van der Waals surface area contributed by atoms with Crippen LogP contribution in [-0.2, 0) is 6.42 Å². The van der Waals surface area contributed by atoms with Gasteiger partial charge >= 0.3 is 0 Å². The molecule has 0 amide bonds. The van der Waals surface area contributed by atoms with Gasteiger partial charge in [-0.05, 0) is 43.4 Å². The van der Waals surface area contributed by atoms with Crippen molar-refractivity contribution < 1.29 is 4.90 Å². The van der Waals surface area contributed by atoms with Crippen molar-refractivity contribution in [3.05, 3.63) is 29.8 Å². The van der Waals surface area contributed by atoms with Crippen LogP contribution >= 0.6 is 0 Å². The van der Waals surface area contributed by atoms with E-state index in [-0.39, 0.29) is 0 Å². The van der Waals surface area contributed by atoms with Crippen LogP contribution in [0.1, 0.15) is 31.2 Å². The first-order valence-electron chi connectivity index (χ1n) is 6.52. The standard InChI is InChI=1S/C14H22N2/c15-14-7-5-13(6-8-14)9-12-16-10-3-1-2-4-11-16/h5-8H,1-4,9-12,15H2/p+1. The third kappa shape index (κ3) is 3.53. The number of nitrogen functional groups attached to an aromatic ring is 1. The third-order valence-corrected chi connectivity index (χ3v) is 3.56. The molecule has 88 valence electrons. The Kier molecular flexibility index (Phi) is 4.23. The van der Waals surface area contributed by atoms with Crippen molar-refractivity contribution in [1.82, 2.24) is 0 Å². The van der Waals surface area contributed by atoms with Crippen LogP contribution in [0.15, 0.2) is 24.3 Å². The fourth-order valence-corrected chi connectivity index (χ4v) is 2.48. The topological polar surface area (TPSA) is 30.5 Å². The average Bonchev–Trinajstić information content (AvgIpc) is 2.57. The molecular formula is C14H23N2+. The maximum Gasteiger partial charge on any atom is 0.0811 e. The molecule has 0 bridgehead atoms. The summed E-state index contributed by atoms with van der Waals surface area (Å²) in [6.45, 7) is 4.02. The summed E-state index contributed by atoms with van der Waals surface area (Å²) in [6, 6.07) is 8.33. The molecule has 0 aliphatic carbocycles. The second-order valence-electron chi connectivity index (χ2n) is 4.91. The van der Waals surface area contributed by atoms with E-state index >= 15 is 0 Å². The number of likely N-dealkylation sites (tertiary alicyclic amines) is 1. The third-order valence-electron chi connectivity index (χ3n) is 3.56. The molecule has 2 heteroatoms. The monoisotopic (exact) mass is 219 g/mol. The highest BCUT2D eigenvalue weighted by Gasteiger charge is 2.11. The zero-order valence-corrected chi connectivity index (χ0v) is 10.0. The maximum absolute atomic E-state index is 5.68. The van der Waals surface area contributed by atoms with Crippen molar-refractivity contribution >= 4 is 5.69 Å². The quantitative estimate of drug-likeness (QED) is 0.737. The Morgan fingerprint density at radius 1 is 0.938 bits per heavy atom. The summed E-state index contributed by atoms with van der Waals surface area (Å²) in [6.07, 6.45) is 6.89. The Labute approximate surface area is 98.4 Å². The van der Waals surface area contributed by atoms with Gasteiger partial charge in [-0.2, -0.15) is 0 Å². The Morgan fingerprint density at radius 2 is 1.56 bits per heavy atom. The van der Waals surface area contributed by atoms with E-state index in [2.05, 4.69) is 12.1 Å². The molecule has 1 fully saturated rings. The van der Waals surface area contributed by atoms with E-state index in [0.717, 1.165) is 5.69 Å². The van der Waals surface area contributed by atoms with Crippen molar-refractivity contribution in [2.24, 2.45) is 0 Å². The van der Waals surface area contributed by atoms with E-state index < -0.39 is 0 Å². The van der Waals surface area contributed by atoms with Crippen LogP contribution in [0, 0.1) is 0 Å². The second-order valence-corrected chi connectivity index (χ2v) is 4.91. The molecule has 16 heavy (non-hydrogen) atoms. The summed E-state index contributed by atoms with van der Waals surface area (Å²) in [5.74, 6) is 0. The van der Waals surface area contributed by atoms with Crippen molar-refractivity contribution in [2.75, 3.05) is 25.4 Å². The average molecular weight is 219 g/mol. The minimum atomic E-state index is 0.867. The molecule has 1 aromatic rings. The molecule has 3 N–H and O–H groups in total. The van der Waals surface area contributed by atoms with E-state index in [1.165, 1.54) is 57.3 Å². The summed E-state index contributed by atoms with van der Waals surface area (Å²) < 4.78 is 0. The predicted octanol–water partition coefficient (Wildman–Crippen LogP) is 1.27. The van der Waals surface area contributed by atoms with Crippen molar-refractivity contribution in [1.29, 1.82) is 0 Å². The Bertz CT molecular complexity index is 297. The molecule has 1 aromatic carbocycles. The molecule has 0 saturated carbocycles. The second kappa shape index (κ2) is 5.90. The molecule has 0 spiro atoms. The van der Waals surface area contributed by atoms with Gasteiger partial charge in [0.05, 0.1) is 19.6 Å². The van der Waals surface area contributed by atoms with Gasteiger partial charge in [0, 0.05) is 12.1 Å². The lowest BCUT2D eigenvalue weighted by molar-refractivity contribution is -0.899. The Hall–Kier alpha value is -1.02. The Morgan fingerprint density at radius 3 is 2.19 bits per heavy atom. The van der Waals surface area contributed by atoms with Gasteiger partial charge in [0.2, 0.25) is 0 Å². The summed E-state index contributed by atoms with van der Waals surface area (Å²) in [5, 5.41) is 0. The van der Waals surface area contributed by atoms with Crippen molar-refractivity contribution in [2.45, 2.75) is 32.1 Å². The van der Waals surface area contributed by atoms with Gasteiger partial charge in [0.1, 0.15) is 0 Å². The molecule has 0 radical (unpaired) electrons. The molecule has 2 nitrogen and oxygen atoms in total. The van der Waals surface area contributed by atoms with Crippen LogP contribution in [0.5, 0.6) is 0 Å².